The molecule has 1 amide bonds. The highest BCUT2D eigenvalue weighted by Gasteiger charge is 2.36. The lowest BCUT2D eigenvalue weighted by atomic mass is 10.0. The van der Waals surface area contributed by atoms with Gasteiger partial charge in [0.25, 0.3) is 5.91 Å². The largest absolute Gasteiger partial charge is 0.472 e. The zero-order valence-electron chi connectivity index (χ0n) is 16.5. The van der Waals surface area contributed by atoms with Crippen LogP contribution < -0.4 is 0 Å². The number of halogens is 4. The first kappa shape index (κ1) is 20.4. The Hall–Kier alpha value is -3.46. The van der Waals surface area contributed by atoms with Gasteiger partial charge in [0.05, 0.1) is 18.1 Å². The fraction of sp³-hybridized carbons (Fsp3) is 0.182. The number of nitrogens with zero attached hydrogens (tertiary/aromatic N) is 3. The Kier molecular flexibility index (Phi) is 4.85. The van der Waals surface area contributed by atoms with Gasteiger partial charge in [0.15, 0.2) is 11.3 Å². The van der Waals surface area contributed by atoms with Crippen molar-refractivity contribution in [3.63, 3.8) is 0 Å². The molecular formula is C22H16ClF3N4O2. The monoisotopic (exact) mass is 460 g/mol. The molecule has 1 aliphatic rings. The number of hydrogen-bond donors (Lipinski definition) is 1. The summed E-state index contributed by atoms with van der Waals surface area (Å²) in [6, 6.07) is 4.46. The van der Waals surface area contributed by atoms with Crippen LogP contribution in [0.2, 0.25) is 5.15 Å². The van der Waals surface area contributed by atoms with Crippen LogP contribution >= 0.6 is 11.6 Å². The molecule has 164 valence electrons. The van der Waals surface area contributed by atoms with E-state index in [1.807, 2.05) is 24.5 Å². The molecule has 4 aromatic rings. The summed E-state index contributed by atoms with van der Waals surface area (Å²) in [4.78, 5) is 21.6. The minimum atomic E-state index is -4.69. The number of carbonyl (C=O) groups excluding carboxylic acids is 1. The number of imidazole rings is 1. The maximum Gasteiger partial charge on any atom is 0.420 e. The number of aromatic amines is 1. The van der Waals surface area contributed by atoms with Gasteiger partial charge in [-0.3, -0.25) is 9.20 Å². The molecule has 0 aliphatic carbocycles. The van der Waals surface area contributed by atoms with Crippen molar-refractivity contribution in [2.75, 3.05) is 13.1 Å². The molecule has 0 spiro atoms. The quantitative estimate of drug-likeness (QED) is 0.437. The summed E-state index contributed by atoms with van der Waals surface area (Å²) in [6.45, 7) is 0.725. The molecule has 32 heavy (non-hydrogen) atoms. The van der Waals surface area contributed by atoms with E-state index in [-0.39, 0.29) is 16.4 Å². The molecule has 0 saturated heterocycles. The van der Waals surface area contributed by atoms with Crippen molar-refractivity contribution in [3.05, 3.63) is 77.4 Å². The van der Waals surface area contributed by atoms with Gasteiger partial charge in [-0.05, 0) is 35.8 Å². The average molecular weight is 461 g/mol. The Balaban J connectivity index is 1.54. The second kappa shape index (κ2) is 7.59. The molecule has 10 heteroatoms. The van der Waals surface area contributed by atoms with Crippen molar-refractivity contribution in [2.24, 2.45) is 0 Å². The maximum absolute atomic E-state index is 13.8. The van der Waals surface area contributed by atoms with Crippen LogP contribution in [0.1, 0.15) is 28.0 Å². The standard InChI is InChI=1S/C22H16ClF3N4O2/c23-19-18(21(31)29-6-2-13(3-7-29)14-1-5-27-10-14)28-20-17(22(24,25)26)9-16(11-30(19)20)15-4-8-32-12-15/h1-2,4-5,8-12,27H,3,6-7H2. The van der Waals surface area contributed by atoms with Crippen molar-refractivity contribution in [1.29, 1.82) is 0 Å². The Morgan fingerprint density at radius 1 is 1.22 bits per heavy atom. The van der Waals surface area contributed by atoms with E-state index in [1.54, 1.807) is 6.07 Å². The number of carbonyl (C=O) groups is 1. The average Bonchev–Trinajstić information content (AvgIpc) is 3.54. The second-order valence-corrected chi connectivity index (χ2v) is 7.79. The fourth-order valence-electron chi connectivity index (χ4n) is 3.84. The van der Waals surface area contributed by atoms with E-state index in [4.69, 9.17) is 16.0 Å². The van der Waals surface area contributed by atoms with Gasteiger partial charge >= 0.3 is 6.18 Å². The smallest absolute Gasteiger partial charge is 0.420 e. The predicted molar refractivity (Wildman–Crippen MR) is 112 cm³/mol. The van der Waals surface area contributed by atoms with Gasteiger partial charge in [-0.1, -0.05) is 17.7 Å². The van der Waals surface area contributed by atoms with Crippen LogP contribution in [-0.4, -0.2) is 38.3 Å². The summed E-state index contributed by atoms with van der Waals surface area (Å²) in [6.07, 6.45) is 5.67. The Morgan fingerprint density at radius 3 is 2.69 bits per heavy atom. The number of hydrogen-bond acceptors (Lipinski definition) is 3. The third-order valence-corrected chi connectivity index (χ3v) is 5.85. The van der Waals surface area contributed by atoms with Crippen molar-refractivity contribution in [2.45, 2.75) is 12.6 Å². The van der Waals surface area contributed by atoms with Crippen molar-refractivity contribution >= 4 is 28.7 Å². The van der Waals surface area contributed by atoms with Crippen LogP contribution in [0.25, 0.3) is 22.3 Å². The van der Waals surface area contributed by atoms with E-state index in [9.17, 15) is 18.0 Å². The lowest BCUT2D eigenvalue weighted by molar-refractivity contribution is -0.136. The Bertz CT molecular complexity index is 1320. The highest BCUT2D eigenvalue weighted by atomic mass is 35.5. The van der Waals surface area contributed by atoms with Gasteiger partial charge in [0.1, 0.15) is 5.15 Å². The number of alkyl halides is 3. The summed E-state index contributed by atoms with van der Waals surface area (Å²) in [5.74, 6) is -0.513. The summed E-state index contributed by atoms with van der Waals surface area (Å²) < 4.78 is 47.5. The lowest BCUT2D eigenvalue weighted by Crippen LogP contribution is -2.35. The first-order chi connectivity index (χ1) is 15.3. The number of nitrogens with one attached hydrogen (secondary N) is 1. The molecule has 6 nitrogen and oxygen atoms in total. The maximum atomic E-state index is 13.8. The zero-order valence-corrected chi connectivity index (χ0v) is 17.2. The fourth-order valence-corrected chi connectivity index (χ4v) is 4.09. The van der Waals surface area contributed by atoms with Crippen LogP contribution in [0.4, 0.5) is 13.2 Å². The number of H-pyrrole nitrogens is 1. The first-order valence-corrected chi connectivity index (χ1v) is 10.1. The van der Waals surface area contributed by atoms with Crippen molar-refractivity contribution in [1.82, 2.24) is 19.3 Å². The number of aromatic nitrogens is 3. The van der Waals surface area contributed by atoms with E-state index in [2.05, 4.69) is 9.97 Å². The second-order valence-electron chi connectivity index (χ2n) is 7.43. The summed E-state index contributed by atoms with van der Waals surface area (Å²) in [5, 5.41) is -0.166. The van der Waals surface area contributed by atoms with Gasteiger partial charge in [-0.25, -0.2) is 4.98 Å². The summed E-state index contributed by atoms with van der Waals surface area (Å²) in [5.41, 5.74) is 1.23. The first-order valence-electron chi connectivity index (χ1n) is 9.76. The number of fused-ring (bicyclic) bond motifs is 1. The molecule has 0 unspecified atom stereocenters. The van der Waals surface area contributed by atoms with Gasteiger partial charge in [-0.2, -0.15) is 13.2 Å². The number of rotatable bonds is 3. The van der Waals surface area contributed by atoms with Gasteiger partial charge < -0.3 is 14.3 Å². The van der Waals surface area contributed by atoms with E-state index >= 15 is 0 Å². The third kappa shape index (κ3) is 3.48. The van der Waals surface area contributed by atoms with E-state index < -0.39 is 23.3 Å². The predicted octanol–water partition coefficient (Wildman–Crippen LogP) is 5.52. The lowest BCUT2D eigenvalue weighted by Gasteiger charge is -2.25. The topological polar surface area (TPSA) is 66.5 Å². The molecule has 1 aliphatic heterocycles. The van der Waals surface area contributed by atoms with Crippen LogP contribution in [0.15, 0.2) is 59.8 Å². The minimum absolute atomic E-state index is 0.166. The molecule has 4 aromatic heterocycles. The van der Waals surface area contributed by atoms with E-state index in [0.29, 0.717) is 25.1 Å². The summed E-state index contributed by atoms with van der Waals surface area (Å²) in [7, 11) is 0. The normalized spacial score (nSPS) is 14.8. The minimum Gasteiger partial charge on any atom is -0.472 e. The van der Waals surface area contributed by atoms with Crippen LogP contribution in [0, 0.1) is 0 Å². The Morgan fingerprint density at radius 2 is 2.06 bits per heavy atom. The molecule has 0 fully saturated rings. The number of amides is 1. The van der Waals surface area contributed by atoms with Crippen LogP contribution in [0.3, 0.4) is 0 Å². The van der Waals surface area contributed by atoms with Crippen LogP contribution in [0.5, 0.6) is 0 Å². The third-order valence-electron chi connectivity index (χ3n) is 5.49. The number of pyridine rings is 1. The van der Waals surface area contributed by atoms with Crippen molar-refractivity contribution in [3.8, 4) is 11.1 Å². The van der Waals surface area contributed by atoms with Crippen molar-refractivity contribution < 1.29 is 22.4 Å². The molecule has 5 heterocycles. The number of furan rings is 1. The molecule has 0 atom stereocenters. The van der Waals surface area contributed by atoms with Gasteiger partial charge in [0, 0.05) is 42.8 Å². The van der Waals surface area contributed by atoms with E-state index in [1.165, 1.54) is 23.6 Å². The zero-order chi connectivity index (χ0) is 22.5. The molecular weight excluding hydrogens is 445 g/mol. The molecule has 5 rings (SSSR count). The highest BCUT2D eigenvalue weighted by Crippen LogP contribution is 2.37. The SMILES string of the molecule is O=C(c1nc2c(C(F)(F)F)cc(-c3ccoc3)cn2c1Cl)N1CC=C(c2cc[nH]c2)CC1. The van der Waals surface area contributed by atoms with Crippen LogP contribution in [-0.2, 0) is 6.18 Å². The molecule has 1 N–H and O–H groups in total. The Labute approximate surface area is 184 Å². The molecule has 0 aromatic carbocycles. The molecule has 0 radical (unpaired) electrons. The van der Waals surface area contributed by atoms with Gasteiger partial charge in [-0.15, -0.1) is 0 Å². The van der Waals surface area contributed by atoms with Gasteiger partial charge in [0.2, 0.25) is 0 Å². The molecule has 0 saturated carbocycles. The van der Waals surface area contributed by atoms with E-state index in [0.717, 1.165) is 21.6 Å². The molecule has 0 bridgehead atoms. The highest BCUT2D eigenvalue weighted by molar-refractivity contribution is 6.33. The summed E-state index contributed by atoms with van der Waals surface area (Å²) >= 11 is 6.38.